The molecule has 0 aliphatic rings. The van der Waals surface area contributed by atoms with E-state index in [4.69, 9.17) is 21.1 Å². The van der Waals surface area contributed by atoms with Crippen LogP contribution in [-0.4, -0.2) is 15.5 Å². The van der Waals surface area contributed by atoms with Gasteiger partial charge in [0.1, 0.15) is 35.6 Å². The molecule has 6 nitrogen and oxygen atoms in total. The predicted molar refractivity (Wildman–Crippen MR) is 130 cm³/mol. The summed E-state index contributed by atoms with van der Waals surface area (Å²) >= 11 is 7.29. The summed E-state index contributed by atoms with van der Waals surface area (Å²) in [5.41, 5.74) is 3.52. The van der Waals surface area contributed by atoms with Gasteiger partial charge in [-0.15, -0.1) is 11.3 Å². The van der Waals surface area contributed by atoms with Crippen LogP contribution in [0.4, 0.5) is 0 Å². The van der Waals surface area contributed by atoms with Crippen LogP contribution >= 0.6 is 22.9 Å². The van der Waals surface area contributed by atoms with E-state index in [1.807, 2.05) is 31.4 Å². The van der Waals surface area contributed by atoms with Gasteiger partial charge in [-0.05, 0) is 61.7 Å². The smallest absolute Gasteiger partial charge is 0.349 e. The van der Waals surface area contributed by atoms with E-state index >= 15 is 0 Å². The molecule has 0 saturated heterocycles. The van der Waals surface area contributed by atoms with Crippen molar-refractivity contribution in [3.05, 3.63) is 74.0 Å². The number of rotatable bonds is 9. The number of benzene rings is 1. The molecule has 0 spiro atoms. The minimum Gasteiger partial charge on any atom is -0.486 e. The van der Waals surface area contributed by atoms with Gasteiger partial charge in [0.05, 0.1) is 5.69 Å². The van der Waals surface area contributed by atoms with Gasteiger partial charge in [0, 0.05) is 28.3 Å². The van der Waals surface area contributed by atoms with E-state index in [2.05, 4.69) is 23.4 Å². The summed E-state index contributed by atoms with van der Waals surface area (Å²) in [6, 6.07) is 11.0. The van der Waals surface area contributed by atoms with Crippen molar-refractivity contribution in [2.45, 2.75) is 47.5 Å². The summed E-state index contributed by atoms with van der Waals surface area (Å²) in [5.74, 6) is 0.517. The van der Waals surface area contributed by atoms with E-state index in [0.29, 0.717) is 29.0 Å². The minimum atomic E-state index is -0.668. The van der Waals surface area contributed by atoms with E-state index < -0.39 is 5.97 Å². The number of halogens is 1. The second-order valence-electron chi connectivity index (χ2n) is 8.05. The molecule has 0 unspecified atom stereocenters. The molecule has 0 aliphatic carbocycles. The third kappa shape index (κ3) is 6.70. The van der Waals surface area contributed by atoms with Crippen LogP contribution in [0, 0.1) is 31.1 Å². The summed E-state index contributed by atoms with van der Waals surface area (Å²) < 4.78 is 13.2. The molecule has 2 aromatic heterocycles. The van der Waals surface area contributed by atoms with Crippen molar-refractivity contribution in [2.75, 3.05) is 0 Å². The second-order valence-corrected chi connectivity index (χ2v) is 9.43. The third-order valence-corrected chi connectivity index (χ3v) is 6.05. The van der Waals surface area contributed by atoms with Gasteiger partial charge in [0.15, 0.2) is 0 Å². The number of hydrogen-bond donors (Lipinski definition) is 0. The van der Waals surface area contributed by atoms with Gasteiger partial charge in [-0.1, -0.05) is 25.4 Å². The first kappa shape index (κ1) is 24.6. The Kier molecular flexibility index (Phi) is 8.32. The van der Waals surface area contributed by atoms with E-state index in [1.54, 1.807) is 30.3 Å². The molecule has 3 rings (SSSR count). The van der Waals surface area contributed by atoms with Gasteiger partial charge < -0.3 is 14.0 Å². The lowest BCUT2D eigenvalue weighted by Crippen LogP contribution is -2.08. The van der Waals surface area contributed by atoms with Gasteiger partial charge >= 0.3 is 5.97 Å². The molecule has 33 heavy (non-hydrogen) atoms. The topological polar surface area (TPSA) is 77.1 Å². The molecule has 8 heteroatoms. The fraction of sp³-hybridized carbons (Fsp3) is 0.320. The van der Waals surface area contributed by atoms with Crippen molar-refractivity contribution >= 4 is 35.0 Å². The average Bonchev–Trinajstić information content (AvgIpc) is 3.34. The summed E-state index contributed by atoms with van der Waals surface area (Å²) in [6.07, 6.45) is 1.59. The lowest BCUT2D eigenvalue weighted by molar-refractivity contribution is -0.139. The number of esters is 1. The second kappa shape index (κ2) is 11.2. The van der Waals surface area contributed by atoms with Crippen LogP contribution in [0.2, 0.25) is 5.02 Å². The normalized spacial score (nSPS) is 11.5. The number of carbonyl (C=O) groups excluding carboxylic acids is 1. The van der Waals surface area contributed by atoms with Crippen LogP contribution in [-0.2, 0) is 29.3 Å². The standard InChI is InChI=1S/C25H26ClN3O3S/c1-16(2)12-29-17(3)9-19(18(29)4)10-20(11-27)25(30)32-13-22-15-33-24(28-22)14-31-23-7-5-21(26)6-8-23/h5-10,15-16H,12-14H2,1-4H3/b20-10+. The number of carbonyl (C=O) groups is 1. The molecule has 1 aromatic carbocycles. The van der Waals surface area contributed by atoms with Gasteiger partial charge in [0.25, 0.3) is 0 Å². The monoisotopic (exact) mass is 483 g/mol. The molecule has 2 heterocycles. The Balaban J connectivity index is 1.59. The maximum absolute atomic E-state index is 12.5. The van der Waals surface area contributed by atoms with Crippen LogP contribution in [0.1, 0.15) is 41.5 Å². The van der Waals surface area contributed by atoms with Crippen molar-refractivity contribution in [1.29, 1.82) is 5.26 Å². The number of hydrogen-bond acceptors (Lipinski definition) is 6. The van der Waals surface area contributed by atoms with Crippen molar-refractivity contribution in [1.82, 2.24) is 9.55 Å². The Morgan fingerprint density at radius 2 is 2.00 bits per heavy atom. The Morgan fingerprint density at radius 3 is 2.67 bits per heavy atom. The highest BCUT2D eigenvalue weighted by Crippen LogP contribution is 2.21. The molecule has 3 aromatic rings. The number of nitrogens with zero attached hydrogens (tertiary/aromatic N) is 3. The van der Waals surface area contributed by atoms with Gasteiger partial charge in [-0.3, -0.25) is 0 Å². The summed E-state index contributed by atoms with van der Waals surface area (Å²) in [6.45, 7) is 9.49. The molecule has 0 saturated carbocycles. The van der Waals surface area contributed by atoms with Crippen molar-refractivity contribution in [3.63, 3.8) is 0 Å². The quantitative estimate of drug-likeness (QED) is 0.209. The maximum Gasteiger partial charge on any atom is 0.349 e. The van der Waals surface area contributed by atoms with E-state index in [9.17, 15) is 10.1 Å². The summed E-state index contributed by atoms with van der Waals surface area (Å²) in [4.78, 5) is 16.9. The average molecular weight is 484 g/mol. The van der Waals surface area contributed by atoms with Crippen molar-refractivity contribution in [2.24, 2.45) is 5.92 Å². The fourth-order valence-corrected chi connectivity index (χ4v) is 4.10. The molecular weight excluding hydrogens is 458 g/mol. The highest BCUT2D eigenvalue weighted by atomic mass is 35.5. The Labute approximate surface area is 203 Å². The first-order valence-corrected chi connectivity index (χ1v) is 11.8. The molecule has 0 amide bonds. The van der Waals surface area contributed by atoms with Gasteiger partial charge in [0.2, 0.25) is 0 Å². The highest BCUT2D eigenvalue weighted by molar-refractivity contribution is 7.09. The largest absolute Gasteiger partial charge is 0.486 e. The molecule has 0 bridgehead atoms. The Morgan fingerprint density at radius 1 is 1.27 bits per heavy atom. The van der Waals surface area contributed by atoms with E-state index in [-0.39, 0.29) is 12.2 Å². The number of thiazole rings is 1. The van der Waals surface area contributed by atoms with Crippen LogP contribution in [0.25, 0.3) is 6.08 Å². The molecule has 0 aliphatic heterocycles. The van der Waals surface area contributed by atoms with Crippen LogP contribution in [0.15, 0.2) is 41.3 Å². The highest BCUT2D eigenvalue weighted by Gasteiger charge is 2.15. The van der Waals surface area contributed by atoms with Gasteiger partial charge in [-0.2, -0.15) is 5.26 Å². The SMILES string of the molecule is Cc1cc(/C=C(\C#N)C(=O)OCc2csc(COc3ccc(Cl)cc3)n2)c(C)n1CC(C)C. The lowest BCUT2D eigenvalue weighted by Gasteiger charge is -2.12. The fourth-order valence-electron chi connectivity index (χ4n) is 3.29. The lowest BCUT2D eigenvalue weighted by atomic mass is 10.1. The third-order valence-electron chi connectivity index (χ3n) is 4.93. The number of nitriles is 1. The van der Waals surface area contributed by atoms with Crippen molar-refractivity contribution < 1.29 is 14.3 Å². The predicted octanol–water partition coefficient (Wildman–Crippen LogP) is 6.10. The molecular formula is C25H26ClN3O3S. The van der Waals surface area contributed by atoms with Crippen LogP contribution in [0.5, 0.6) is 5.75 Å². The number of ether oxygens (including phenoxy) is 2. The molecule has 0 atom stereocenters. The zero-order chi connectivity index (χ0) is 24.0. The van der Waals surface area contributed by atoms with E-state index in [0.717, 1.165) is 28.5 Å². The van der Waals surface area contributed by atoms with E-state index in [1.165, 1.54) is 11.3 Å². The summed E-state index contributed by atoms with van der Waals surface area (Å²) in [7, 11) is 0. The minimum absolute atomic E-state index is 0.0122. The van der Waals surface area contributed by atoms with Crippen molar-refractivity contribution in [3.8, 4) is 11.8 Å². The Hall–Kier alpha value is -3.08. The number of aromatic nitrogens is 2. The number of aryl methyl sites for hydroxylation is 1. The Bertz CT molecular complexity index is 1190. The first-order chi connectivity index (χ1) is 15.8. The zero-order valence-corrected chi connectivity index (χ0v) is 20.7. The molecule has 0 fully saturated rings. The van der Waals surface area contributed by atoms with Crippen LogP contribution in [0.3, 0.4) is 0 Å². The summed E-state index contributed by atoms with van der Waals surface area (Å²) in [5, 5.41) is 12.7. The van der Waals surface area contributed by atoms with Gasteiger partial charge in [-0.25, -0.2) is 9.78 Å². The molecule has 0 radical (unpaired) electrons. The first-order valence-electron chi connectivity index (χ1n) is 10.5. The maximum atomic E-state index is 12.5. The molecule has 172 valence electrons. The van der Waals surface area contributed by atoms with Crippen LogP contribution < -0.4 is 4.74 Å². The zero-order valence-electron chi connectivity index (χ0n) is 19.1. The molecule has 0 N–H and O–H groups in total.